The number of rotatable bonds is 93. The molecular weight excluding hydrogens is 1340 g/mol. The number of carbonyl (C=O) groups excluding carboxylic acids is 3. The standard InChI is InChI=1S/C67H132N2O32/c1-65(70)3-8-74-15-18-77-11-6-68-67(72)5-10-76-17-21-80-23-25-82-27-29-84-31-33-86-35-37-88-39-41-90-43-45-92-47-49-94-51-53-96-55-57-98-59-61-100-63-64-101-62-60-99-58-56-97-54-52-95-50-48-93-46-44-91-42-40-89-38-36-87-34-32-85-30-28-83-26-24-81-22-19-78-12-7-69-66(71)4-9-75-16-20-79-14-13-73-2/h3-64H2,1-2H3,(H,68,72)(H,69,71). The predicted molar refractivity (Wildman–Crippen MR) is 365 cm³/mol. The first-order chi connectivity index (χ1) is 50.1. The van der Waals surface area contributed by atoms with Gasteiger partial charge in [0.1, 0.15) is 5.78 Å². The van der Waals surface area contributed by atoms with Crippen LogP contribution in [-0.2, 0) is 152 Å². The maximum absolute atomic E-state index is 11.8. The number of methoxy groups -OCH3 is 1. The highest BCUT2D eigenvalue weighted by Crippen LogP contribution is 1.94. The third-order valence-electron chi connectivity index (χ3n) is 12.4. The zero-order valence-electron chi connectivity index (χ0n) is 61.4. The largest absolute Gasteiger partial charge is 0.382 e. The number of hydrogen-bond acceptors (Lipinski definition) is 32. The second kappa shape index (κ2) is 91.7. The van der Waals surface area contributed by atoms with Crippen LogP contribution in [0.3, 0.4) is 0 Å². The lowest BCUT2D eigenvalue weighted by Crippen LogP contribution is -2.28. The van der Waals surface area contributed by atoms with E-state index in [1.807, 2.05) is 0 Å². The molecule has 0 atom stereocenters. The Bertz CT molecular complexity index is 1600. The molecule has 0 aliphatic carbocycles. The summed E-state index contributed by atoms with van der Waals surface area (Å²) in [7, 11) is 1.62. The van der Waals surface area contributed by atoms with Crippen LogP contribution in [0.15, 0.2) is 0 Å². The number of nitrogens with one attached hydrogen (secondary N) is 2. The number of amides is 2. The number of ether oxygens (including phenoxy) is 29. The summed E-state index contributed by atoms with van der Waals surface area (Å²) in [5.74, 6) is -0.0943. The molecule has 0 saturated carbocycles. The van der Waals surface area contributed by atoms with Crippen molar-refractivity contribution in [1.82, 2.24) is 10.6 Å². The minimum absolute atomic E-state index is 0.0825. The maximum Gasteiger partial charge on any atom is 0.222 e. The molecule has 0 rings (SSSR count). The SMILES string of the molecule is COCCOCCOCCC(=O)NCCOCCOCCOCCOCCOCCOCCOCCOCCOCCOCCOCCOCCOCCOCCOCCOCCOCCOCCOCCOCCOCCOCCOCCOCCC(=O)NCCOCCOCCC(C)=O. The molecule has 0 heterocycles. The quantitative estimate of drug-likeness (QED) is 0.0762. The summed E-state index contributed by atoms with van der Waals surface area (Å²) in [5, 5.41) is 5.56. The van der Waals surface area contributed by atoms with Crippen LogP contribution in [-0.4, -0.2) is 414 Å². The Morgan fingerprint density at radius 1 is 0.168 bits per heavy atom. The Hall–Kier alpha value is -2.55. The van der Waals surface area contributed by atoms with Crippen molar-refractivity contribution in [2.45, 2.75) is 26.2 Å². The molecule has 0 aromatic carbocycles. The minimum atomic E-state index is -0.107. The van der Waals surface area contributed by atoms with Gasteiger partial charge < -0.3 is 148 Å². The van der Waals surface area contributed by atoms with Gasteiger partial charge in [0.2, 0.25) is 11.8 Å². The van der Waals surface area contributed by atoms with Gasteiger partial charge in [-0.15, -0.1) is 0 Å². The van der Waals surface area contributed by atoms with Crippen molar-refractivity contribution in [3.8, 4) is 0 Å². The lowest BCUT2D eigenvalue weighted by atomic mass is 10.3. The number of ketones is 1. The zero-order valence-corrected chi connectivity index (χ0v) is 61.4. The summed E-state index contributed by atoms with van der Waals surface area (Å²) < 4.78 is 159. The molecule has 34 heteroatoms. The second-order valence-corrected chi connectivity index (χ2v) is 20.8. The molecular formula is C67H132N2O32. The van der Waals surface area contributed by atoms with Crippen LogP contribution >= 0.6 is 0 Å². The van der Waals surface area contributed by atoms with E-state index >= 15 is 0 Å². The monoisotopic (exact) mass is 1480 g/mol. The van der Waals surface area contributed by atoms with Gasteiger partial charge in [0.25, 0.3) is 0 Å². The third kappa shape index (κ3) is 93.5. The van der Waals surface area contributed by atoms with Gasteiger partial charge in [0.05, 0.1) is 377 Å². The fraction of sp³-hybridized carbons (Fsp3) is 0.955. The van der Waals surface area contributed by atoms with Crippen molar-refractivity contribution >= 4 is 17.6 Å². The van der Waals surface area contributed by atoms with Crippen molar-refractivity contribution in [2.75, 3.05) is 397 Å². The molecule has 0 saturated heterocycles. The minimum Gasteiger partial charge on any atom is -0.382 e. The van der Waals surface area contributed by atoms with Crippen LogP contribution < -0.4 is 10.6 Å². The van der Waals surface area contributed by atoms with E-state index in [1.165, 1.54) is 6.92 Å². The first kappa shape index (κ1) is 98.5. The molecule has 0 aliphatic rings. The fourth-order valence-electron chi connectivity index (χ4n) is 7.19. The zero-order chi connectivity index (χ0) is 72.5. The van der Waals surface area contributed by atoms with Gasteiger partial charge in [0, 0.05) is 39.5 Å². The second-order valence-electron chi connectivity index (χ2n) is 20.8. The van der Waals surface area contributed by atoms with Crippen LogP contribution in [0, 0.1) is 0 Å². The van der Waals surface area contributed by atoms with E-state index < -0.39 is 0 Å². The Labute approximate surface area is 601 Å². The van der Waals surface area contributed by atoms with E-state index in [-0.39, 0.29) is 24.0 Å². The summed E-state index contributed by atoms with van der Waals surface area (Å²) in [6.07, 6.45) is 0.955. The van der Waals surface area contributed by atoms with Gasteiger partial charge in [-0.2, -0.15) is 0 Å². The molecule has 0 aromatic heterocycles. The van der Waals surface area contributed by atoms with E-state index in [9.17, 15) is 14.4 Å². The van der Waals surface area contributed by atoms with E-state index in [1.54, 1.807) is 7.11 Å². The first-order valence-electron chi connectivity index (χ1n) is 35.7. The summed E-state index contributed by atoms with van der Waals surface area (Å²) in [6, 6.07) is 0. The number of Topliss-reactive ketones (excluding diaryl/α,β-unsaturated/α-hetero) is 1. The number of hydrogen-bond donors (Lipinski definition) is 2. The van der Waals surface area contributed by atoms with Gasteiger partial charge in [0.15, 0.2) is 0 Å². The predicted octanol–water partition coefficient (Wildman–Crippen LogP) is 0.0893. The lowest BCUT2D eigenvalue weighted by Gasteiger charge is -2.09. The highest BCUT2D eigenvalue weighted by Gasteiger charge is 2.05. The molecule has 2 amide bonds. The molecule has 0 unspecified atom stereocenters. The summed E-state index contributed by atoms with van der Waals surface area (Å²) in [6.45, 7) is 28.4. The molecule has 2 N–H and O–H groups in total. The number of carbonyl (C=O) groups is 3. The van der Waals surface area contributed by atoms with Crippen molar-refractivity contribution in [2.24, 2.45) is 0 Å². The Morgan fingerprint density at radius 2 is 0.287 bits per heavy atom. The topological polar surface area (TPSA) is 343 Å². The highest BCUT2D eigenvalue weighted by atomic mass is 16.6. The van der Waals surface area contributed by atoms with Gasteiger partial charge in [-0.25, -0.2) is 0 Å². The lowest BCUT2D eigenvalue weighted by molar-refractivity contribution is -0.123. The molecule has 0 aromatic rings. The molecule has 602 valence electrons. The molecule has 0 aliphatic heterocycles. The fourth-order valence-corrected chi connectivity index (χ4v) is 7.19. The Kier molecular flexibility index (Phi) is 89.3. The average Bonchev–Trinajstić information content (AvgIpc) is 3.84. The van der Waals surface area contributed by atoms with Crippen molar-refractivity contribution < 1.29 is 152 Å². The van der Waals surface area contributed by atoms with Gasteiger partial charge in [-0.3, -0.25) is 14.4 Å². The van der Waals surface area contributed by atoms with Gasteiger partial charge >= 0.3 is 0 Å². The molecule has 0 fully saturated rings. The van der Waals surface area contributed by atoms with Crippen LogP contribution in [0.25, 0.3) is 0 Å². The average molecular weight is 1480 g/mol. The summed E-state index contributed by atoms with van der Waals surface area (Å²) in [4.78, 5) is 34.5. The van der Waals surface area contributed by atoms with E-state index in [2.05, 4.69) is 10.6 Å². The van der Waals surface area contributed by atoms with Crippen LogP contribution in [0.2, 0.25) is 0 Å². The first-order valence-corrected chi connectivity index (χ1v) is 35.7. The van der Waals surface area contributed by atoms with Crippen LogP contribution in [0.4, 0.5) is 0 Å². The van der Waals surface area contributed by atoms with Crippen molar-refractivity contribution in [3.05, 3.63) is 0 Å². The third-order valence-corrected chi connectivity index (χ3v) is 12.4. The van der Waals surface area contributed by atoms with E-state index in [0.717, 1.165) is 0 Å². The smallest absolute Gasteiger partial charge is 0.222 e. The van der Waals surface area contributed by atoms with Crippen molar-refractivity contribution in [3.63, 3.8) is 0 Å². The van der Waals surface area contributed by atoms with E-state index in [4.69, 9.17) is 137 Å². The van der Waals surface area contributed by atoms with Gasteiger partial charge in [-0.05, 0) is 6.92 Å². The van der Waals surface area contributed by atoms with Crippen LogP contribution in [0.1, 0.15) is 26.2 Å². The van der Waals surface area contributed by atoms with Crippen LogP contribution in [0.5, 0.6) is 0 Å². The highest BCUT2D eigenvalue weighted by molar-refractivity contribution is 5.76. The van der Waals surface area contributed by atoms with Crippen molar-refractivity contribution in [1.29, 1.82) is 0 Å². The molecule has 101 heavy (non-hydrogen) atoms. The molecule has 0 spiro atoms. The van der Waals surface area contributed by atoms with E-state index in [0.29, 0.717) is 403 Å². The molecule has 0 bridgehead atoms. The van der Waals surface area contributed by atoms with Gasteiger partial charge in [-0.1, -0.05) is 0 Å². The maximum atomic E-state index is 11.8. The summed E-state index contributed by atoms with van der Waals surface area (Å²) in [5.41, 5.74) is 0. The Balaban J connectivity index is 3.12. The molecule has 0 radical (unpaired) electrons. The Morgan fingerprint density at radius 3 is 0.426 bits per heavy atom. The molecule has 34 nitrogen and oxygen atoms in total. The summed E-state index contributed by atoms with van der Waals surface area (Å²) >= 11 is 0. The normalized spacial score (nSPS) is 11.6.